The van der Waals surface area contributed by atoms with E-state index in [1.54, 1.807) is 27.7 Å². The zero-order valence-electron chi connectivity index (χ0n) is 18.1. The third-order valence-electron chi connectivity index (χ3n) is 4.42. The van der Waals surface area contributed by atoms with Crippen LogP contribution in [0.5, 0.6) is 0 Å². The molecular weight excluding hydrogens is 387 g/mol. The van der Waals surface area contributed by atoms with E-state index in [-0.39, 0.29) is 12.2 Å². The third kappa shape index (κ3) is 6.83. The van der Waals surface area contributed by atoms with Crippen molar-refractivity contribution < 1.29 is 28.4 Å². The van der Waals surface area contributed by atoms with E-state index >= 15 is 0 Å². The van der Waals surface area contributed by atoms with Gasteiger partial charge in [-0.1, -0.05) is 60.4 Å². The van der Waals surface area contributed by atoms with Crippen molar-refractivity contribution in [3.63, 3.8) is 0 Å². The average molecular weight is 418 g/mol. The topological polar surface area (TPSA) is 71.1 Å². The third-order valence-corrected chi connectivity index (χ3v) is 7.31. The van der Waals surface area contributed by atoms with Gasteiger partial charge in [0.1, 0.15) is 8.07 Å². The first-order chi connectivity index (χ1) is 13.6. The van der Waals surface area contributed by atoms with Gasteiger partial charge in [-0.2, -0.15) is 0 Å². The molecule has 0 N–H and O–H groups in total. The van der Waals surface area contributed by atoms with Crippen LogP contribution in [0.15, 0.2) is 42.1 Å². The minimum absolute atomic E-state index is 0.315. The van der Waals surface area contributed by atoms with Gasteiger partial charge in [0.2, 0.25) is 0 Å². The van der Waals surface area contributed by atoms with Crippen LogP contribution in [-0.2, 0) is 28.4 Å². The Morgan fingerprint density at radius 3 is 1.93 bits per heavy atom. The van der Waals surface area contributed by atoms with Crippen molar-refractivity contribution in [2.75, 3.05) is 0 Å². The molecule has 1 saturated heterocycles. The van der Waals surface area contributed by atoms with E-state index in [1.165, 1.54) is 5.19 Å². The fourth-order valence-electron chi connectivity index (χ4n) is 3.01. The molecule has 29 heavy (non-hydrogen) atoms. The van der Waals surface area contributed by atoms with Gasteiger partial charge in [0.25, 0.3) is 0 Å². The Bertz CT molecular complexity index is 689. The first-order valence-corrected chi connectivity index (χ1v) is 13.1. The van der Waals surface area contributed by atoms with Crippen LogP contribution in [0.3, 0.4) is 0 Å². The second-order valence-corrected chi connectivity index (χ2v) is 12.6. The summed E-state index contributed by atoms with van der Waals surface area (Å²) in [5.41, 5.74) is 2.20. The van der Waals surface area contributed by atoms with Crippen LogP contribution in [0.25, 0.3) is 0 Å². The number of hydrogen-bond donors (Lipinski definition) is 0. The number of esters is 2. The summed E-state index contributed by atoms with van der Waals surface area (Å²) >= 11 is 0. The summed E-state index contributed by atoms with van der Waals surface area (Å²) < 4.78 is 21.9. The van der Waals surface area contributed by atoms with E-state index in [1.807, 2.05) is 24.3 Å². The van der Waals surface area contributed by atoms with Gasteiger partial charge in [-0.25, -0.2) is 9.59 Å². The maximum absolute atomic E-state index is 12.4. The molecule has 0 aromatic heterocycles. The van der Waals surface area contributed by atoms with Crippen molar-refractivity contribution in [3.8, 4) is 0 Å². The summed E-state index contributed by atoms with van der Waals surface area (Å²) in [7, 11) is -2.45. The molecule has 0 spiro atoms. The van der Waals surface area contributed by atoms with Crippen LogP contribution in [-0.4, -0.2) is 51.5 Å². The Morgan fingerprint density at radius 2 is 1.48 bits per heavy atom. The van der Waals surface area contributed by atoms with Crippen LogP contribution < -0.4 is 5.19 Å². The lowest BCUT2D eigenvalue weighted by Crippen LogP contribution is -2.40. The largest absolute Gasteiger partial charge is 0.462 e. The molecule has 1 aromatic rings. The highest BCUT2D eigenvalue weighted by Crippen LogP contribution is 2.23. The molecule has 158 valence electrons. The number of ether oxygens (including phenoxy) is 2. The van der Waals surface area contributed by atoms with Crippen LogP contribution in [0, 0.1) is 0 Å². The van der Waals surface area contributed by atoms with Crippen LogP contribution in [0.1, 0.15) is 27.7 Å². The van der Waals surface area contributed by atoms with E-state index in [0.29, 0.717) is 6.32 Å². The van der Waals surface area contributed by atoms with E-state index in [2.05, 4.69) is 30.9 Å². The molecule has 1 aromatic carbocycles. The fraction of sp³-hybridized carbons (Fsp3) is 0.524. The lowest BCUT2D eigenvalue weighted by Gasteiger charge is -2.18. The molecule has 0 saturated carbocycles. The van der Waals surface area contributed by atoms with Crippen LogP contribution in [0.4, 0.5) is 0 Å². The molecule has 6 nitrogen and oxygen atoms in total. The van der Waals surface area contributed by atoms with Gasteiger partial charge in [-0.05, 0) is 34.0 Å². The predicted octanol–water partition coefficient (Wildman–Crippen LogP) is 2.87. The van der Waals surface area contributed by atoms with Crippen molar-refractivity contribution in [2.24, 2.45) is 0 Å². The quantitative estimate of drug-likeness (QED) is 0.478. The van der Waals surface area contributed by atoms with Gasteiger partial charge in [-0.15, -0.1) is 0 Å². The summed E-state index contributed by atoms with van der Waals surface area (Å²) in [5, 5.41) is 1.32. The van der Waals surface area contributed by atoms with Crippen molar-refractivity contribution in [1.82, 2.24) is 0 Å². The minimum atomic E-state index is -1.75. The lowest BCUT2D eigenvalue weighted by atomic mass is 9.85. The highest BCUT2D eigenvalue weighted by atomic mass is 28.3. The Hall–Kier alpha value is -1.90. The average Bonchev–Trinajstić information content (AvgIpc) is 3.06. The number of carbonyl (C=O) groups excluding carboxylic acids is 2. The second-order valence-electron chi connectivity index (χ2n) is 8.24. The first-order valence-electron chi connectivity index (χ1n) is 10.0. The molecule has 2 atom stereocenters. The van der Waals surface area contributed by atoms with Crippen molar-refractivity contribution >= 4 is 32.3 Å². The Balaban J connectivity index is 2.05. The SMILES string of the molecule is CC(C)OC(=O)[C@@H]1OB(C/C=C/[Si](C)(C)c2ccccc2)O[C@H]1C(=O)OC(C)C. The molecule has 2 rings (SSSR count). The lowest BCUT2D eigenvalue weighted by molar-refractivity contribution is -0.167. The summed E-state index contributed by atoms with van der Waals surface area (Å²) in [6.45, 7) is 11.5. The highest BCUT2D eigenvalue weighted by Gasteiger charge is 2.49. The molecule has 1 fully saturated rings. The predicted molar refractivity (Wildman–Crippen MR) is 115 cm³/mol. The maximum atomic E-state index is 12.4. The first kappa shape index (κ1) is 23.4. The minimum Gasteiger partial charge on any atom is -0.461 e. The molecule has 0 bridgehead atoms. The fourth-order valence-corrected chi connectivity index (χ4v) is 4.98. The molecule has 8 heteroatoms. The number of carbonyl (C=O) groups is 2. The molecule has 0 aliphatic carbocycles. The Morgan fingerprint density at radius 1 is 1.00 bits per heavy atom. The van der Waals surface area contributed by atoms with Crippen LogP contribution in [0.2, 0.25) is 19.4 Å². The van der Waals surface area contributed by atoms with Crippen molar-refractivity contribution in [2.45, 2.75) is 71.5 Å². The summed E-state index contributed by atoms with van der Waals surface area (Å²) in [5.74, 6) is -1.23. The Labute approximate surface area is 174 Å². The van der Waals surface area contributed by atoms with Gasteiger partial charge in [0.15, 0.2) is 12.2 Å². The number of benzene rings is 1. The van der Waals surface area contributed by atoms with E-state index in [9.17, 15) is 9.59 Å². The molecule has 1 aliphatic rings. The van der Waals surface area contributed by atoms with Gasteiger partial charge >= 0.3 is 19.1 Å². The van der Waals surface area contributed by atoms with E-state index in [4.69, 9.17) is 18.8 Å². The molecule has 1 aliphatic heterocycles. The second kappa shape index (κ2) is 10.2. The van der Waals surface area contributed by atoms with Gasteiger partial charge in [0.05, 0.1) is 12.2 Å². The zero-order chi connectivity index (χ0) is 21.6. The Kier molecular flexibility index (Phi) is 8.25. The number of hydrogen-bond acceptors (Lipinski definition) is 6. The number of allylic oxidation sites excluding steroid dienone is 1. The monoisotopic (exact) mass is 418 g/mol. The zero-order valence-corrected chi connectivity index (χ0v) is 19.1. The summed E-state index contributed by atoms with van der Waals surface area (Å²) in [6.07, 6.45) is -0.442. The highest BCUT2D eigenvalue weighted by molar-refractivity contribution is 6.94. The number of rotatable bonds is 8. The van der Waals surface area contributed by atoms with Gasteiger partial charge < -0.3 is 18.8 Å². The summed E-state index contributed by atoms with van der Waals surface area (Å²) in [6, 6.07) is 10.3. The standard InChI is InChI=1S/C21H31BO6Si/c1-15(2)25-20(23)18-19(21(24)26-16(3)4)28-22(27-18)13-10-14-29(5,6)17-11-8-7-9-12-17/h7-12,14-16,18-19H,13H2,1-6H3/b14-10+/t18-,19-/m1/s1. The van der Waals surface area contributed by atoms with Crippen molar-refractivity contribution in [3.05, 3.63) is 42.1 Å². The van der Waals surface area contributed by atoms with E-state index < -0.39 is 39.3 Å². The molecule has 0 amide bonds. The molecule has 1 heterocycles. The van der Waals surface area contributed by atoms with E-state index in [0.717, 1.165) is 0 Å². The molecule has 0 unspecified atom stereocenters. The van der Waals surface area contributed by atoms with Gasteiger partial charge in [0, 0.05) is 0 Å². The maximum Gasteiger partial charge on any atom is 0.462 e. The van der Waals surface area contributed by atoms with Crippen molar-refractivity contribution in [1.29, 1.82) is 0 Å². The normalized spacial score (nSPS) is 19.9. The molecular formula is C21H31BO6Si. The summed E-state index contributed by atoms with van der Waals surface area (Å²) in [4.78, 5) is 24.7. The molecule has 0 radical (unpaired) electrons. The van der Waals surface area contributed by atoms with Crippen LogP contribution >= 0.6 is 0 Å². The van der Waals surface area contributed by atoms with Gasteiger partial charge in [-0.3, -0.25) is 0 Å². The smallest absolute Gasteiger partial charge is 0.461 e.